The van der Waals surface area contributed by atoms with E-state index in [1.165, 1.54) is 0 Å². The molecule has 1 aromatic rings. The second-order valence-corrected chi connectivity index (χ2v) is 4.49. The largest absolute Gasteiger partial charge is 0.393 e. The van der Waals surface area contributed by atoms with E-state index < -0.39 is 0 Å². The Kier molecular flexibility index (Phi) is 5.68. The summed E-state index contributed by atoms with van der Waals surface area (Å²) in [6.07, 6.45) is 0.457. The highest BCUT2D eigenvalue weighted by Crippen LogP contribution is 2.15. The number of aliphatic hydroxyl groups excluding tert-OH is 1. The van der Waals surface area contributed by atoms with E-state index in [0.717, 1.165) is 18.5 Å². The van der Waals surface area contributed by atoms with Gasteiger partial charge in [-0.25, -0.2) is 0 Å². The molecule has 0 aliphatic carbocycles. The Morgan fingerprint density at radius 2 is 2.00 bits per heavy atom. The smallest absolute Gasteiger partial charge is 0.0839 e. The zero-order valence-corrected chi connectivity index (χ0v) is 10.5. The first-order valence-electron chi connectivity index (χ1n) is 5.94. The number of rotatable bonds is 6. The monoisotopic (exact) mass is 232 g/mol. The normalized spacial score (nSPS) is 14.3. The van der Waals surface area contributed by atoms with Crippen LogP contribution in [-0.2, 0) is 0 Å². The molecule has 0 saturated carbocycles. The molecule has 2 unspecified atom stereocenters. The van der Waals surface area contributed by atoms with Gasteiger partial charge in [0.05, 0.1) is 18.1 Å². The Bertz CT molecular complexity index is 356. The lowest BCUT2D eigenvalue weighted by Gasteiger charge is -2.20. The Balaban J connectivity index is 2.51. The van der Waals surface area contributed by atoms with Crippen LogP contribution in [0.1, 0.15) is 24.8 Å². The summed E-state index contributed by atoms with van der Waals surface area (Å²) in [4.78, 5) is 2.09. The molecule has 3 heteroatoms. The SMILES string of the molecule is CC(O)CCN(C)CC(C#N)c1ccccc1. The molecule has 0 fully saturated rings. The molecule has 0 aromatic heterocycles. The van der Waals surface area contributed by atoms with Crippen LogP contribution < -0.4 is 0 Å². The quantitative estimate of drug-likeness (QED) is 0.816. The van der Waals surface area contributed by atoms with Crippen LogP contribution >= 0.6 is 0 Å². The van der Waals surface area contributed by atoms with E-state index in [0.29, 0.717) is 6.54 Å². The summed E-state index contributed by atoms with van der Waals surface area (Å²) in [6, 6.07) is 12.2. The zero-order valence-electron chi connectivity index (χ0n) is 10.5. The topological polar surface area (TPSA) is 47.3 Å². The van der Waals surface area contributed by atoms with Gasteiger partial charge in [-0.15, -0.1) is 0 Å². The van der Waals surface area contributed by atoms with Gasteiger partial charge in [-0.05, 0) is 26.0 Å². The van der Waals surface area contributed by atoms with Crippen molar-refractivity contribution >= 4 is 0 Å². The van der Waals surface area contributed by atoms with Crippen molar-refractivity contribution in [2.45, 2.75) is 25.4 Å². The van der Waals surface area contributed by atoms with Crippen LogP contribution in [0, 0.1) is 11.3 Å². The van der Waals surface area contributed by atoms with Crippen molar-refractivity contribution in [1.82, 2.24) is 4.90 Å². The highest BCUT2D eigenvalue weighted by molar-refractivity contribution is 5.25. The molecule has 0 saturated heterocycles. The van der Waals surface area contributed by atoms with E-state index in [-0.39, 0.29) is 12.0 Å². The van der Waals surface area contributed by atoms with Crippen LogP contribution in [0.4, 0.5) is 0 Å². The van der Waals surface area contributed by atoms with Gasteiger partial charge in [0.15, 0.2) is 0 Å². The van der Waals surface area contributed by atoms with Crippen LogP contribution in [0.3, 0.4) is 0 Å². The number of likely N-dealkylation sites (N-methyl/N-ethyl adjacent to an activating group) is 1. The van der Waals surface area contributed by atoms with Gasteiger partial charge in [0.2, 0.25) is 0 Å². The second-order valence-electron chi connectivity index (χ2n) is 4.49. The molecule has 1 aromatic carbocycles. The van der Waals surface area contributed by atoms with Crippen molar-refractivity contribution in [2.24, 2.45) is 0 Å². The summed E-state index contributed by atoms with van der Waals surface area (Å²) in [5, 5.41) is 18.4. The van der Waals surface area contributed by atoms with Crippen LogP contribution in [-0.4, -0.2) is 36.2 Å². The molecule has 0 amide bonds. The van der Waals surface area contributed by atoms with Crippen molar-refractivity contribution < 1.29 is 5.11 Å². The van der Waals surface area contributed by atoms with Gasteiger partial charge in [0, 0.05) is 13.1 Å². The van der Waals surface area contributed by atoms with E-state index in [9.17, 15) is 10.4 Å². The predicted molar refractivity (Wildman–Crippen MR) is 68.6 cm³/mol. The van der Waals surface area contributed by atoms with Crippen LogP contribution in [0.2, 0.25) is 0 Å². The van der Waals surface area contributed by atoms with E-state index in [1.54, 1.807) is 6.92 Å². The molecular formula is C14H20N2O. The summed E-state index contributed by atoms with van der Waals surface area (Å²) in [6.45, 7) is 3.29. The highest BCUT2D eigenvalue weighted by Gasteiger charge is 2.13. The first kappa shape index (κ1) is 13.7. The van der Waals surface area contributed by atoms with Crippen molar-refractivity contribution in [3.63, 3.8) is 0 Å². The lowest BCUT2D eigenvalue weighted by molar-refractivity contribution is 0.164. The van der Waals surface area contributed by atoms with Crippen LogP contribution in [0.25, 0.3) is 0 Å². The Hall–Kier alpha value is -1.37. The molecule has 17 heavy (non-hydrogen) atoms. The van der Waals surface area contributed by atoms with Gasteiger partial charge >= 0.3 is 0 Å². The molecule has 3 nitrogen and oxygen atoms in total. The van der Waals surface area contributed by atoms with Gasteiger partial charge in [-0.1, -0.05) is 30.3 Å². The third-order valence-corrected chi connectivity index (χ3v) is 2.78. The average molecular weight is 232 g/mol. The van der Waals surface area contributed by atoms with Crippen LogP contribution in [0.5, 0.6) is 0 Å². The Morgan fingerprint density at radius 3 is 2.53 bits per heavy atom. The fourth-order valence-corrected chi connectivity index (χ4v) is 1.72. The summed E-state index contributed by atoms with van der Waals surface area (Å²) < 4.78 is 0. The predicted octanol–water partition coefficient (Wildman–Crippen LogP) is 2.00. The first-order chi connectivity index (χ1) is 8.13. The van der Waals surface area contributed by atoms with Gasteiger partial charge in [-0.3, -0.25) is 0 Å². The minimum absolute atomic E-state index is 0.102. The Labute approximate surface area is 103 Å². The van der Waals surface area contributed by atoms with Gasteiger partial charge < -0.3 is 10.0 Å². The maximum Gasteiger partial charge on any atom is 0.0839 e. The average Bonchev–Trinajstić information content (AvgIpc) is 2.34. The summed E-state index contributed by atoms with van der Waals surface area (Å²) in [5.41, 5.74) is 1.05. The standard InChI is InChI=1S/C14H20N2O/c1-12(17)8-9-16(2)11-14(10-15)13-6-4-3-5-7-13/h3-7,12,14,17H,8-9,11H2,1-2H3. The van der Waals surface area contributed by atoms with E-state index >= 15 is 0 Å². The van der Waals surface area contributed by atoms with Gasteiger partial charge in [0.1, 0.15) is 0 Å². The number of benzene rings is 1. The first-order valence-corrected chi connectivity index (χ1v) is 5.94. The lowest BCUT2D eigenvalue weighted by atomic mass is 10.0. The van der Waals surface area contributed by atoms with Gasteiger partial charge in [0.25, 0.3) is 0 Å². The van der Waals surface area contributed by atoms with Crippen molar-refractivity contribution in [2.75, 3.05) is 20.1 Å². The number of nitriles is 1. The minimum atomic E-state index is -0.283. The highest BCUT2D eigenvalue weighted by atomic mass is 16.3. The fraction of sp³-hybridized carbons (Fsp3) is 0.500. The molecule has 2 atom stereocenters. The summed E-state index contributed by atoms with van der Waals surface area (Å²) >= 11 is 0. The molecule has 1 rings (SSSR count). The van der Waals surface area contributed by atoms with Crippen LogP contribution in [0.15, 0.2) is 30.3 Å². The number of hydrogen-bond donors (Lipinski definition) is 1. The fourth-order valence-electron chi connectivity index (χ4n) is 1.72. The summed E-state index contributed by atoms with van der Waals surface area (Å²) in [7, 11) is 1.98. The molecule has 0 aliphatic rings. The van der Waals surface area contributed by atoms with E-state index in [2.05, 4.69) is 11.0 Å². The van der Waals surface area contributed by atoms with Crippen molar-refractivity contribution in [1.29, 1.82) is 5.26 Å². The van der Waals surface area contributed by atoms with Crippen molar-refractivity contribution in [3.8, 4) is 6.07 Å². The molecule has 0 spiro atoms. The summed E-state index contributed by atoms with van der Waals surface area (Å²) in [5.74, 6) is -0.102. The molecular weight excluding hydrogens is 212 g/mol. The Morgan fingerprint density at radius 1 is 1.35 bits per heavy atom. The molecule has 92 valence electrons. The maximum atomic E-state index is 9.22. The second kappa shape index (κ2) is 7.05. The lowest BCUT2D eigenvalue weighted by Crippen LogP contribution is -2.27. The van der Waals surface area contributed by atoms with E-state index in [4.69, 9.17) is 0 Å². The third-order valence-electron chi connectivity index (χ3n) is 2.78. The number of aliphatic hydroxyl groups is 1. The number of nitrogens with zero attached hydrogens (tertiary/aromatic N) is 2. The molecule has 0 radical (unpaired) electrons. The molecule has 0 heterocycles. The molecule has 0 aliphatic heterocycles. The number of hydrogen-bond acceptors (Lipinski definition) is 3. The van der Waals surface area contributed by atoms with E-state index in [1.807, 2.05) is 37.4 Å². The zero-order chi connectivity index (χ0) is 12.7. The third kappa shape index (κ3) is 4.99. The molecule has 0 bridgehead atoms. The van der Waals surface area contributed by atoms with Gasteiger partial charge in [-0.2, -0.15) is 5.26 Å². The minimum Gasteiger partial charge on any atom is -0.393 e. The maximum absolute atomic E-state index is 9.22. The van der Waals surface area contributed by atoms with Crippen molar-refractivity contribution in [3.05, 3.63) is 35.9 Å². The molecule has 1 N–H and O–H groups in total.